The Balaban J connectivity index is 1.41. The van der Waals surface area contributed by atoms with Gasteiger partial charge in [0.2, 0.25) is 5.79 Å². The van der Waals surface area contributed by atoms with E-state index in [2.05, 4.69) is 18.7 Å². The zero-order chi connectivity index (χ0) is 47.2. The number of carbonyl (C=O) groups excluding carboxylic acids is 1. The van der Waals surface area contributed by atoms with Gasteiger partial charge in [-0.05, 0) is 102 Å². The first-order valence-corrected chi connectivity index (χ1v) is 23.6. The summed E-state index contributed by atoms with van der Waals surface area (Å²) in [6.45, 7) is 3.99. The van der Waals surface area contributed by atoms with Crippen molar-refractivity contribution in [3.05, 3.63) is 130 Å². The van der Waals surface area contributed by atoms with Gasteiger partial charge < -0.3 is 43.8 Å². The number of nitro benzene ring substituents is 1. The van der Waals surface area contributed by atoms with Crippen molar-refractivity contribution in [3.8, 4) is 17.2 Å². The molecule has 358 valence electrons. The maximum Gasteiger partial charge on any atom is 0.410 e. The van der Waals surface area contributed by atoms with E-state index in [0.29, 0.717) is 41.4 Å². The van der Waals surface area contributed by atoms with Gasteiger partial charge in [-0.3, -0.25) is 15.0 Å². The molecule has 15 nitrogen and oxygen atoms in total. The Hall–Kier alpha value is -5.55. The van der Waals surface area contributed by atoms with E-state index in [1.165, 1.54) is 17.0 Å². The molecule has 67 heavy (non-hydrogen) atoms. The van der Waals surface area contributed by atoms with Crippen molar-refractivity contribution >= 4 is 39.9 Å². The highest BCUT2D eigenvalue weighted by molar-refractivity contribution is 6.18. The van der Waals surface area contributed by atoms with Crippen LogP contribution in [0.25, 0.3) is 10.8 Å². The number of hydrogen-bond donors (Lipinski definition) is 3. The second-order valence-electron chi connectivity index (χ2n) is 16.9. The molecule has 2 aliphatic carbocycles. The normalized spacial score (nSPS) is 22.2. The minimum Gasteiger partial charge on any atom is -0.459 e. The molecular formula is C51H60ClN3O12. The number of amides is 1. The van der Waals surface area contributed by atoms with Gasteiger partial charge in [0.05, 0.1) is 48.9 Å². The van der Waals surface area contributed by atoms with Crippen LogP contribution in [0, 0.1) is 27.9 Å². The lowest BCUT2D eigenvalue weighted by molar-refractivity contribution is -0.384. The molecule has 1 heterocycles. The number of halogens is 1. The number of ether oxygens (including phenoxy) is 5. The summed E-state index contributed by atoms with van der Waals surface area (Å²) < 4.78 is 32.4. The molecular weight excluding hydrogens is 882 g/mol. The van der Waals surface area contributed by atoms with Crippen LogP contribution in [0.3, 0.4) is 0 Å². The number of non-ortho nitro benzene ring substituents is 1. The molecule has 0 saturated heterocycles. The quantitative estimate of drug-likeness (QED) is 0.0188. The van der Waals surface area contributed by atoms with Gasteiger partial charge in [-0.25, -0.2) is 4.79 Å². The van der Waals surface area contributed by atoms with Crippen molar-refractivity contribution in [2.24, 2.45) is 22.9 Å². The summed E-state index contributed by atoms with van der Waals surface area (Å²) in [6.07, 6.45) is 7.46. The van der Waals surface area contributed by atoms with E-state index in [1.807, 2.05) is 54.6 Å². The number of allylic oxidation sites excluding steroid dienone is 1. The second-order valence-corrected chi connectivity index (χ2v) is 17.3. The lowest BCUT2D eigenvalue weighted by Crippen LogP contribution is -2.70. The van der Waals surface area contributed by atoms with Crippen LogP contribution in [0.2, 0.25) is 0 Å². The molecule has 3 N–H and O–H groups in total. The van der Waals surface area contributed by atoms with Gasteiger partial charge in [0.25, 0.3) is 5.69 Å². The number of unbranched alkanes of at least 4 members (excludes halogenated alkanes) is 2. The summed E-state index contributed by atoms with van der Waals surface area (Å²) in [6, 6.07) is 25.0. The number of nitrogens with zero attached hydrogens (tertiary/aromatic N) is 3. The van der Waals surface area contributed by atoms with Crippen molar-refractivity contribution < 1.29 is 53.6 Å². The van der Waals surface area contributed by atoms with Crippen LogP contribution in [0.4, 0.5) is 10.5 Å². The highest BCUT2D eigenvalue weighted by Gasteiger charge is 2.65. The standard InChI is InChI=1S/C51H60ClN3O12/c1-2-26-64-51-47(54(22-28-62-29-25-58)50(59)63-27-21-52)33-45(53-65-34-35-13-16-39(17-14-35)55(60)61)43-31-38(11-5-7-23-56)42(12-6-8-24-57)48(49(43)51)44-32-41(19-20-46(44)67-51)66-40-18-15-36-9-3-4-10-37(36)30-40/h2-4,9-10,13-20,30-32,38,42,47-49,56-58H,1,5-8,11-12,21-29,33-34H2. The number of alkyl halides is 1. The molecule has 1 aliphatic heterocycles. The minimum atomic E-state index is -1.57. The number of benzene rings is 4. The van der Waals surface area contributed by atoms with E-state index in [9.17, 15) is 30.2 Å². The zero-order valence-corrected chi connectivity index (χ0v) is 38.3. The number of fused-ring (bicyclic) bond motifs is 3. The lowest BCUT2D eigenvalue weighted by Gasteiger charge is -2.59. The number of rotatable bonds is 25. The van der Waals surface area contributed by atoms with Gasteiger partial charge in [-0.15, -0.1) is 18.2 Å². The Morgan fingerprint density at radius 2 is 1.67 bits per heavy atom. The fourth-order valence-corrected chi connectivity index (χ4v) is 9.97. The van der Waals surface area contributed by atoms with E-state index in [-0.39, 0.29) is 95.1 Å². The molecule has 7 rings (SSSR count). The van der Waals surface area contributed by atoms with Crippen molar-refractivity contribution in [3.63, 3.8) is 0 Å². The van der Waals surface area contributed by atoms with Gasteiger partial charge in [0, 0.05) is 49.8 Å². The van der Waals surface area contributed by atoms with E-state index < -0.39 is 28.8 Å². The van der Waals surface area contributed by atoms with Crippen molar-refractivity contribution in [1.29, 1.82) is 0 Å². The summed E-state index contributed by atoms with van der Waals surface area (Å²) in [4.78, 5) is 33.0. The van der Waals surface area contributed by atoms with Crippen molar-refractivity contribution in [1.82, 2.24) is 4.90 Å². The Labute approximate surface area is 395 Å². The van der Waals surface area contributed by atoms with Gasteiger partial charge in [0.1, 0.15) is 36.5 Å². The third kappa shape index (κ3) is 11.6. The topological polar surface area (TPSA) is 192 Å². The monoisotopic (exact) mass is 941 g/mol. The minimum absolute atomic E-state index is 0.000634. The summed E-state index contributed by atoms with van der Waals surface area (Å²) in [5.41, 5.74) is 2.85. The first-order valence-electron chi connectivity index (χ1n) is 23.0. The maximum atomic E-state index is 14.4. The van der Waals surface area contributed by atoms with Crippen LogP contribution in [0.1, 0.15) is 62.0 Å². The number of nitro groups is 1. The van der Waals surface area contributed by atoms with Crippen LogP contribution in [0.5, 0.6) is 17.2 Å². The molecule has 1 saturated carbocycles. The lowest BCUT2D eigenvalue weighted by atomic mass is 9.55. The number of aliphatic hydroxyl groups is 3. The van der Waals surface area contributed by atoms with Crippen LogP contribution < -0.4 is 9.47 Å². The number of carbonyl (C=O) groups is 1. The van der Waals surface area contributed by atoms with Crippen LogP contribution in [-0.4, -0.2) is 107 Å². The summed E-state index contributed by atoms with van der Waals surface area (Å²) in [5.74, 6) is -0.729. The third-order valence-electron chi connectivity index (χ3n) is 12.8. The number of hydrogen-bond acceptors (Lipinski definition) is 13. The van der Waals surface area contributed by atoms with Crippen molar-refractivity contribution in [2.45, 2.75) is 69.3 Å². The SMILES string of the molecule is C=CCOC12Oc3ccc(Oc4ccc5ccccc5c4)cc3C3C(CCCCO)C(CCCCO)C=C(C(=NOCc4ccc([N+](=O)[O-])cc4)CC1N(CCOCCO)C(=O)OCCCl)C32. The van der Waals surface area contributed by atoms with Crippen LogP contribution in [0.15, 0.2) is 114 Å². The molecule has 4 aromatic rings. The maximum absolute atomic E-state index is 14.4. The fourth-order valence-electron chi connectivity index (χ4n) is 9.89. The molecule has 4 aromatic carbocycles. The third-order valence-corrected chi connectivity index (χ3v) is 12.9. The summed E-state index contributed by atoms with van der Waals surface area (Å²) in [5, 5.41) is 47.9. The molecule has 0 radical (unpaired) electrons. The molecule has 1 amide bonds. The zero-order valence-electron chi connectivity index (χ0n) is 37.6. The average molecular weight is 943 g/mol. The predicted octanol–water partition coefficient (Wildman–Crippen LogP) is 9.06. The summed E-state index contributed by atoms with van der Waals surface area (Å²) in [7, 11) is 0. The van der Waals surface area contributed by atoms with Gasteiger partial charge >= 0.3 is 6.09 Å². The summed E-state index contributed by atoms with van der Waals surface area (Å²) >= 11 is 6.06. The average Bonchev–Trinajstić information content (AvgIpc) is 3.34. The first kappa shape index (κ1) is 49.4. The van der Waals surface area contributed by atoms with Crippen LogP contribution >= 0.6 is 11.6 Å². The highest BCUT2D eigenvalue weighted by atomic mass is 35.5. The predicted molar refractivity (Wildman–Crippen MR) is 254 cm³/mol. The molecule has 1 fully saturated rings. The molecule has 6 atom stereocenters. The Bertz CT molecular complexity index is 2360. The van der Waals surface area contributed by atoms with Gasteiger partial charge in [-0.1, -0.05) is 60.5 Å². The van der Waals surface area contributed by atoms with Crippen LogP contribution in [-0.2, 0) is 25.7 Å². The molecule has 16 heteroatoms. The van der Waals surface area contributed by atoms with Gasteiger partial charge in [-0.2, -0.15) is 0 Å². The Kier molecular flexibility index (Phi) is 17.6. The van der Waals surface area contributed by atoms with Crippen molar-refractivity contribution in [2.75, 3.05) is 58.7 Å². The largest absolute Gasteiger partial charge is 0.459 e. The number of oxime groups is 1. The highest BCUT2D eigenvalue weighted by Crippen LogP contribution is 2.62. The Morgan fingerprint density at radius 1 is 0.925 bits per heavy atom. The smallest absolute Gasteiger partial charge is 0.410 e. The fraction of sp³-hybridized carbons (Fsp3) is 0.451. The molecule has 0 spiro atoms. The number of aliphatic hydroxyl groups excluding tert-OH is 3. The van der Waals surface area contributed by atoms with E-state index >= 15 is 0 Å². The van der Waals surface area contributed by atoms with E-state index in [0.717, 1.165) is 47.6 Å². The first-order chi connectivity index (χ1) is 32.7. The van der Waals surface area contributed by atoms with E-state index in [4.69, 9.17) is 45.3 Å². The molecule has 6 unspecified atom stereocenters. The second kappa shape index (κ2) is 23.9. The molecule has 3 aliphatic rings. The Morgan fingerprint density at radius 3 is 2.40 bits per heavy atom. The van der Waals surface area contributed by atoms with E-state index in [1.54, 1.807) is 18.2 Å². The molecule has 0 bridgehead atoms. The van der Waals surface area contributed by atoms with Gasteiger partial charge in [0.15, 0.2) is 0 Å². The molecule has 0 aromatic heterocycles.